The van der Waals surface area contributed by atoms with Gasteiger partial charge < -0.3 is 14.6 Å². The van der Waals surface area contributed by atoms with E-state index >= 15 is 0 Å². The first-order valence-electron chi connectivity index (χ1n) is 7.62. The Morgan fingerprint density at radius 1 is 1.35 bits per heavy atom. The number of furan rings is 1. The van der Waals surface area contributed by atoms with Crippen LogP contribution >= 0.6 is 11.3 Å². The minimum atomic E-state index is -0.173. The number of amides is 3. The molecule has 1 unspecified atom stereocenters. The van der Waals surface area contributed by atoms with E-state index < -0.39 is 0 Å². The van der Waals surface area contributed by atoms with Gasteiger partial charge in [-0.15, -0.1) is 11.3 Å². The summed E-state index contributed by atoms with van der Waals surface area (Å²) in [6.45, 7) is 1.50. The normalized spacial score (nSPS) is 17.7. The molecule has 1 aliphatic heterocycles. The third-order valence-electron chi connectivity index (χ3n) is 3.85. The van der Waals surface area contributed by atoms with Crippen LogP contribution < -0.4 is 10.6 Å². The molecule has 0 spiro atoms. The maximum atomic E-state index is 12.3. The zero-order valence-corrected chi connectivity index (χ0v) is 13.5. The summed E-state index contributed by atoms with van der Waals surface area (Å²) in [7, 11) is 0. The number of urea groups is 1. The molecule has 0 radical (unpaired) electrons. The van der Waals surface area contributed by atoms with Crippen LogP contribution in [0.15, 0.2) is 40.3 Å². The number of nitrogens with one attached hydrogen (secondary N) is 2. The zero-order valence-electron chi connectivity index (χ0n) is 12.7. The van der Waals surface area contributed by atoms with Crippen molar-refractivity contribution in [1.29, 1.82) is 0 Å². The predicted octanol–water partition coefficient (Wildman–Crippen LogP) is 2.90. The van der Waals surface area contributed by atoms with Gasteiger partial charge in [0.15, 0.2) is 0 Å². The molecule has 3 amide bonds. The van der Waals surface area contributed by atoms with Gasteiger partial charge in [0.2, 0.25) is 5.91 Å². The first-order chi connectivity index (χ1) is 11.2. The Balaban J connectivity index is 1.50. The highest BCUT2D eigenvalue weighted by atomic mass is 32.1. The van der Waals surface area contributed by atoms with Crippen LogP contribution in [0.3, 0.4) is 0 Å². The van der Waals surface area contributed by atoms with Gasteiger partial charge in [-0.05, 0) is 42.5 Å². The summed E-state index contributed by atoms with van der Waals surface area (Å²) < 4.78 is 5.20. The highest BCUT2D eigenvalue weighted by molar-refractivity contribution is 7.14. The van der Waals surface area contributed by atoms with Crippen molar-refractivity contribution in [3.05, 3.63) is 41.7 Å². The van der Waals surface area contributed by atoms with Crippen molar-refractivity contribution in [1.82, 2.24) is 10.2 Å². The second-order valence-electron chi connectivity index (χ2n) is 5.49. The summed E-state index contributed by atoms with van der Waals surface area (Å²) in [6, 6.07) is 7.22. The van der Waals surface area contributed by atoms with Crippen molar-refractivity contribution in [2.45, 2.75) is 19.4 Å². The maximum Gasteiger partial charge on any atom is 0.322 e. The molecule has 122 valence electrons. The van der Waals surface area contributed by atoms with Crippen LogP contribution in [0, 0.1) is 5.92 Å². The lowest BCUT2D eigenvalue weighted by molar-refractivity contribution is -0.126. The fourth-order valence-electron chi connectivity index (χ4n) is 2.64. The molecule has 7 heteroatoms. The fraction of sp³-hybridized carbons (Fsp3) is 0.375. The van der Waals surface area contributed by atoms with Crippen molar-refractivity contribution >= 4 is 28.3 Å². The van der Waals surface area contributed by atoms with Crippen LogP contribution in [-0.2, 0) is 11.3 Å². The van der Waals surface area contributed by atoms with Crippen molar-refractivity contribution in [2.24, 2.45) is 5.92 Å². The Morgan fingerprint density at radius 3 is 3.00 bits per heavy atom. The lowest BCUT2D eigenvalue weighted by Crippen LogP contribution is -2.46. The molecule has 2 aromatic heterocycles. The first kappa shape index (κ1) is 15.6. The third-order valence-corrected chi connectivity index (χ3v) is 4.63. The van der Waals surface area contributed by atoms with Crippen LogP contribution in [0.1, 0.15) is 18.6 Å². The van der Waals surface area contributed by atoms with Crippen LogP contribution in [0.2, 0.25) is 0 Å². The van der Waals surface area contributed by atoms with E-state index in [0.29, 0.717) is 19.6 Å². The van der Waals surface area contributed by atoms with Gasteiger partial charge in [0.25, 0.3) is 0 Å². The predicted molar refractivity (Wildman–Crippen MR) is 88.2 cm³/mol. The molecule has 0 bridgehead atoms. The van der Waals surface area contributed by atoms with Crippen LogP contribution in [0.5, 0.6) is 0 Å². The average Bonchev–Trinajstić information content (AvgIpc) is 3.26. The summed E-state index contributed by atoms with van der Waals surface area (Å²) in [5.41, 5.74) is 0. The number of carbonyl (C=O) groups excluding carboxylic acids is 2. The lowest BCUT2D eigenvalue weighted by atomic mass is 9.97. The molecule has 0 aromatic carbocycles. The van der Waals surface area contributed by atoms with E-state index in [9.17, 15) is 9.59 Å². The molecule has 1 atom stereocenters. The fourth-order valence-corrected chi connectivity index (χ4v) is 3.25. The molecule has 23 heavy (non-hydrogen) atoms. The van der Waals surface area contributed by atoms with Gasteiger partial charge in [-0.3, -0.25) is 10.1 Å². The molecule has 2 N–H and O–H groups in total. The smallest absolute Gasteiger partial charge is 0.322 e. The maximum absolute atomic E-state index is 12.3. The summed E-state index contributed by atoms with van der Waals surface area (Å²) in [5.74, 6) is 0.518. The first-order valence-corrected chi connectivity index (χ1v) is 8.50. The third kappa shape index (κ3) is 4.13. The van der Waals surface area contributed by atoms with E-state index in [1.165, 1.54) is 11.3 Å². The zero-order chi connectivity index (χ0) is 16.1. The van der Waals surface area contributed by atoms with E-state index in [1.54, 1.807) is 17.2 Å². The van der Waals surface area contributed by atoms with Gasteiger partial charge >= 0.3 is 6.03 Å². The molecular formula is C16H19N3O3S. The molecular weight excluding hydrogens is 314 g/mol. The molecule has 1 saturated heterocycles. The number of piperidine rings is 1. The number of likely N-dealkylation sites (tertiary alicyclic amines) is 1. The van der Waals surface area contributed by atoms with Crippen molar-refractivity contribution in [3.8, 4) is 0 Å². The second kappa shape index (κ2) is 7.32. The number of hydrogen-bond donors (Lipinski definition) is 2. The molecule has 1 aliphatic rings. The number of hydrogen-bond acceptors (Lipinski definition) is 4. The second-order valence-corrected chi connectivity index (χ2v) is 6.44. The molecule has 0 aliphatic carbocycles. The summed E-state index contributed by atoms with van der Waals surface area (Å²) in [5, 5.41) is 8.47. The standard InChI is InChI=1S/C16H19N3O3S/c20-15(17-10-13-5-2-8-22-13)12-4-1-7-19(11-12)16(21)18-14-6-3-9-23-14/h2-3,5-6,8-9,12H,1,4,7,10-11H2,(H,17,20)(H,18,21). The molecule has 3 heterocycles. The van der Waals surface area contributed by atoms with Crippen LogP contribution in [0.25, 0.3) is 0 Å². The van der Waals surface area contributed by atoms with Gasteiger partial charge in [-0.2, -0.15) is 0 Å². The largest absolute Gasteiger partial charge is 0.467 e. The number of thiophene rings is 1. The van der Waals surface area contributed by atoms with E-state index in [1.807, 2.05) is 23.6 Å². The van der Waals surface area contributed by atoms with Gasteiger partial charge in [0.05, 0.1) is 23.7 Å². The number of anilines is 1. The number of carbonyl (C=O) groups is 2. The minimum Gasteiger partial charge on any atom is -0.467 e. The molecule has 3 rings (SSSR count). The van der Waals surface area contributed by atoms with Crippen molar-refractivity contribution < 1.29 is 14.0 Å². The number of rotatable bonds is 4. The highest BCUT2D eigenvalue weighted by Crippen LogP contribution is 2.20. The Bertz CT molecular complexity index is 640. The van der Waals surface area contributed by atoms with Gasteiger partial charge in [0.1, 0.15) is 5.76 Å². The van der Waals surface area contributed by atoms with Crippen LogP contribution in [0.4, 0.5) is 9.80 Å². The molecule has 0 saturated carbocycles. The van der Waals surface area contributed by atoms with E-state index in [4.69, 9.17) is 4.42 Å². The SMILES string of the molecule is O=C(NCc1ccco1)C1CCCN(C(=O)Nc2cccs2)C1. The summed E-state index contributed by atoms with van der Waals surface area (Å²) in [4.78, 5) is 26.2. The van der Waals surface area contributed by atoms with Gasteiger partial charge in [0, 0.05) is 13.1 Å². The van der Waals surface area contributed by atoms with E-state index in [0.717, 1.165) is 23.6 Å². The molecule has 2 aromatic rings. The summed E-state index contributed by atoms with van der Waals surface area (Å²) in [6.07, 6.45) is 3.21. The Labute approximate surface area is 138 Å². The molecule has 1 fully saturated rings. The Kier molecular flexibility index (Phi) is 4.97. The number of nitrogens with zero attached hydrogens (tertiary/aromatic N) is 1. The van der Waals surface area contributed by atoms with Crippen molar-refractivity contribution in [2.75, 3.05) is 18.4 Å². The quantitative estimate of drug-likeness (QED) is 0.903. The monoisotopic (exact) mass is 333 g/mol. The highest BCUT2D eigenvalue weighted by Gasteiger charge is 2.28. The average molecular weight is 333 g/mol. The Hall–Kier alpha value is -2.28. The minimum absolute atomic E-state index is 0.0324. The van der Waals surface area contributed by atoms with Crippen LogP contribution in [-0.4, -0.2) is 29.9 Å². The Morgan fingerprint density at radius 2 is 2.26 bits per heavy atom. The van der Waals surface area contributed by atoms with E-state index in [2.05, 4.69) is 10.6 Å². The lowest BCUT2D eigenvalue weighted by Gasteiger charge is -2.31. The van der Waals surface area contributed by atoms with Crippen molar-refractivity contribution in [3.63, 3.8) is 0 Å². The topological polar surface area (TPSA) is 74.6 Å². The summed E-state index contributed by atoms with van der Waals surface area (Å²) >= 11 is 1.48. The van der Waals surface area contributed by atoms with Gasteiger partial charge in [-0.25, -0.2) is 4.79 Å². The van der Waals surface area contributed by atoms with E-state index in [-0.39, 0.29) is 17.9 Å². The van der Waals surface area contributed by atoms with Gasteiger partial charge in [-0.1, -0.05) is 0 Å². The molecule has 6 nitrogen and oxygen atoms in total.